The summed E-state index contributed by atoms with van der Waals surface area (Å²) in [5, 5.41) is 4.51. The summed E-state index contributed by atoms with van der Waals surface area (Å²) in [4.78, 5) is 42.4. The molecule has 0 N–H and O–H groups in total. The van der Waals surface area contributed by atoms with E-state index >= 15 is 0 Å². The predicted octanol–water partition coefficient (Wildman–Crippen LogP) is 1.46. The second kappa shape index (κ2) is 8.47. The van der Waals surface area contributed by atoms with Crippen molar-refractivity contribution in [3.8, 4) is 0 Å². The molecule has 0 aromatic carbocycles. The van der Waals surface area contributed by atoms with Gasteiger partial charge in [-0.1, -0.05) is 11.6 Å². The summed E-state index contributed by atoms with van der Waals surface area (Å²) < 4.78 is 22.8. The van der Waals surface area contributed by atoms with Gasteiger partial charge in [0, 0.05) is 20.8 Å². The molecule has 0 saturated carbocycles. The molecule has 0 spiro atoms. The Balaban J connectivity index is 2.04. The monoisotopic (exact) mass is 446 g/mol. The van der Waals surface area contributed by atoms with Gasteiger partial charge in [-0.05, 0) is 11.6 Å². The lowest BCUT2D eigenvalue weighted by molar-refractivity contribution is -0.166. The van der Waals surface area contributed by atoms with Crippen LogP contribution in [0.1, 0.15) is 27.0 Å². The third kappa shape index (κ3) is 4.57. The minimum Gasteiger partial charge on any atom is -0.463 e. The van der Waals surface area contributed by atoms with Crippen LogP contribution in [0.15, 0.2) is 6.20 Å². The Hall–Kier alpha value is -2.50. The fraction of sp³-hybridized carbons (Fsp3) is 0.500. The van der Waals surface area contributed by atoms with Crippen molar-refractivity contribution in [2.24, 2.45) is 0 Å². The average molecular weight is 447 g/mol. The van der Waals surface area contributed by atoms with Crippen LogP contribution < -0.4 is 0 Å². The topological polar surface area (TPSA) is 132 Å². The number of rotatable bonds is 5. The van der Waals surface area contributed by atoms with Gasteiger partial charge < -0.3 is 18.9 Å². The van der Waals surface area contributed by atoms with Crippen molar-refractivity contribution in [3.63, 3.8) is 0 Å². The Bertz CT molecular complexity index is 966. The number of carbonyl (C=O) groups excluding carboxylic acids is 3. The summed E-state index contributed by atoms with van der Waals surface area (Å²) in [6.07, 6.45) is -2.77. The quantitative estimate of drug-likeness (QED) is 0.287. The maximum atomic E-state index is 11.7. The number of carbonyl (C=O) groups is 3. The number of nitrogens with zero attached hydrogens (tertiary/aromatic N) is 4. The summed E-state index contributed by atoms with van der Waals surface area (Å²) in [5.74, 6) is -1.84. The van der Waals surface area contributed by atoms with Gasteiger partial charge in [-0.2, -0.15) is 10.1 Å². The van der Waals surface area contributed by atoms with Crippen molar-refractivity contribution in [1.82, 2.24) is 19.7 Å². The third-order valence-corrected chi connectivity index (χ3v) is 4.42. The molecule has 0 aliphatic carbocycles. The summed E-state index contributed by atoms with van der Waals surface area (Å²) in [7, 11) is 0. The second-order valence-corrected chi connectivity index (χ2v) is 6.82. The number of hydrogen-bond acceptors (Lipinski definition) is 10. The number of halogens is 2. The first-order valence-electron chi connectivity index (χ1n) is 8.37. The minimum atomic E-state index is -1.10. The van der Waals surface area contributed by atoms with Crippen LogP contribution in [0.4, 0.5) is 0 Å². The first-order chi connectivity index (χ1) is 13.7. The SMILES string of the molecule is CC(=O)OCC1O[C@@H](n2ncc3c(Cl)nc(Cl)nc32)[C@H](OC(C)=O)[C@@H]1OC(C)=O. The molecule has 1 aliphatic rings. The molecule has 2 aromatic heterocycles. The van der Waals surface area contributed by atoms with Crippen LogP contribution in [0.5, 0.6) is 0 Å². The van der Waals surface area contributed by atoms with Crippen LogP contribution in [0.25, 0.3) is 11.0 Å². The van der Waals surface area contributed by atoms with Crippen LogP contribution in [-0.2, 0) is 33.3 Å². The van der Waals surface area contributed by atoms with Crippen molar-refractivity contribution in [2.45, 2.75) is 45.3 Å². The van der Waals surface area contributed by atoms with Gasteiger partial charge in [0.25, 0.3) is 0 Å². The van der Waals surface area contributed by atoms with Crippen molar-refractivity contribution in [1.29, 1.82) is 0 Å². The molecule has 0 amide bonds. The van der Waals surface area contributed by atoms with E-state index in [1.165, 1.54) is 31.6 Å². The molecule has 0 radical (unpaired) electrons. The van der Waals surface area contributed by atoms with E-state index < -0.39 is 42.4 Å². The lowest BCUT2D eigenvalue weighted by atomic mass is 10.1. The summed E-state index contributed by atoms with van der Waals surface area (Å²) in [6.45, 7) is 3.37. The maximum Gasteiger partial charge on any atom is 0.303 e. The van der Waals surface area contributed by atoms with E-state index in [4.69, 9.17) is 42.1 Å². The lowest BCUT2D eigenvalue weighted by Gasteiger charge is -2.23. The molecule has 2 aromatic rings. The van der Waals surface area contributed by atoms with E-state index in [1.807, 2.05) is 0 Å². The molecule has 4 atom stereocenters. The van der Waals surface area contributed by atoms with E-state index in [1.54, 1.807) is 0 Å². The van der Waals surface area contributed by atoms with Crippen LogP contribution >= 0.6 is 23.2 Å². The normalized spacial score (nSPS) is 23.8. The molecule has 1 saturated heterocycles. The Morgan fingerprint density at radius 3 is 2.34 bits per heavy atom. The smallest absolute Gasteiger partial charge is 0.303 e. The Morgan fingerprint density at radius 2 is 1.72 bits per heavy atom. The number of fused-ring (bicyclic) bond motifs is 1. The van der Waals surface area contributed by atoms with Gasteiger partial charge in [0.2, 0.25) is 5.28 Å². The number of ether oxygens (including phenoxy) is 4. The highest BCUT2D eigenvalue weighted by molar-refractivity contribution is 6.35. The molecule has 1 fully saturated rings. The van der Waals surface area contributed by atoms with Gasteiger partial charge >= 0.3 is 17.9 Å². The van der Waals surface area contributed by atoms with Crippen LogP contribution in [-0.4, -0.2) is 62.6 Å². The highest BCUT2D eigenvalue weighted by Crippen LogP contribution is 2.36. The average Bonchev–Trinajstić information content (AvgIpc) is 3.15. The van der Waals surface area contributed by atoms with E-state index in [-0.39, 0.29) is 22.7 Å². The van der Waals surface area contributed by atoms with Gasteiger partial charge in [0.05, 0.1) is 11.6 Å². The zero-order chi connectivity index (χ0) is 21.3. The Kier molecular flexibility index (Phi) is 6.20. The molecular formula is C16H16Cl2N4O7. The van der Waals surface area contributed by atoms with Gasteiger partial charge in [0.15, 0.2) is 24.1 Å². The van der Waals surface area contributed by atoms with Gasteiger partial charge in [0.1, 0.15) is 17.9 Å². The highest BCUT2D eigenvalue weighted by Gasteiger charge is 2.51. The van der Waals surface area contributed by atoms with Crippen molar-refractivity contribution in [2.75, 3.05) is 6.61 Å². The van der Waals surface area contributed by atoms with E-state index in [2.05, 4.69) is 15.1 Å². The molecule has 13 heteroatoms. The van der Waals surface area contributed by atoms with Gasteiger partial charge in [-0.3, -0.25) is 14.4 Å². The maximum absolute atomic E-state index is 11.7. The van der Waals surface area contributed by atoms with Gasteiger partial charge in [-0.15, -0.1) is 0 Å². The van der Waals surface area contributed by atoms with Gasteiger partial charge in [-0.25, -0.2) is 9.67 Å². The largest absolute Gasteiger partial charge is 0.463 e. The van der Waals surface area contributed by atoms with Crippen molar-refractivity contribution in [3.05, 3.63) is 16.6 Å². The molecule has 1 unspecified atom stereocenters. The molecule has 29 heavy (non-hydrogen) atoms. The number of hydrogen-bond donors (Lipinski definition) is 0. The molecular weight excluding hydrogens is 431 g/mol. The number of aromatic nitrogens is 4. The van der Waals surface area contributed by atoms with Crippen LogP contribution in [0.3, 0.4) is 0 Å². The fourth-order valence-electron chi connectivity index (χ4n) is 2.94. The molecule has 3 rings (SSSR count). The summed E-state index contributed by atoms with van der Waals surface area (Å²) >= 11 is 12.0. The number of esters is 3. The standard InChI is InChI=1S/C16H16Cl2N4O7/c1-6(23)26-5-10-11(27-7(2)24)12(28-8(3)25)15(29-10)22-14-9(4-19-22)13(17)20-16(18)21-14/h4,10-12,15H,5H2,1-3H3/t10?,11-,12-,15-/m1/s1. The predicted molar refractivity (Wildman–Crippen MR) is 97.0 cm³/mol. The Labute approximate surface area is 174 Å². The summed E-state index contributed by atoms with van der Waals surface area (Å²) in [5.41, 5.74) is 0.215. The third-order valence-electron chi connectivity index (χ3n) is 3.96. The first-order valence-corrected chi connectivity index (χ1v) is 9.12. The fourth-order valence-corrected chi connectivity index (χ4v) is 3.36. The Morgan fingerprint density at radius 1 is 1.07 bits per heavy atom. The second-order valence-electron chi connectivity index (χ2n) is 6.13. The molecule has 1 aliphatic heterocycles. The van der Waals surface area contributed by atoms with Crippen molar-refractivity contribution >= 4 is 52.1 Å². The zero-order valence-corrected chi connectivity index (χ0v) is 17.0. The van der Waals surface area contributed by atoms with E-state index in [9.17, 15) is 14.4 Å². The van der Waals surface area contributed by atoms with E-state index in [0.717, 1.165) is 0 Å². The minimum absolute atomic E-state index is 0.0706. The molecule has 11 nitrogen and oxygen atoms in total. The zero-order valence-electron chi connectivity index (χ0n) is 15.5. The molecule has 3 heterocycles. The van der Waals surface area contributed by atoms with Crippen LogP contribution in [0.2, 0.25) is 10.4 Å². The highest BCUT2D eigenvalue weighted by atomic mass is 35.5. The van der Waals surface area contributed by atoms with Crippen LogP contribution in [0, 0.1) is 0 Å². The molecule has 0 bridgehead atoms. The first kappa shape index (κ1) is 21.2. The van der Waals surface area contributed by atoms with E-state index in [0.29, 0.717) is 5.39 Å². The lowest BCUT2D eigenvalue weighted by Crippen LogP contribution is -2.40. The van der Waals surface area contributed by atoms with Crippen molar-refractivity contribution < 1.29 is 33.3 Å². The molecule has 156 valence electrons. The summed E-state index contributed by atoms with van der Waals surface area (Å²) in [6, 6.07) is 0.